The van der Waals surface area contributed by atoms with Gasteiger partial charge in [-0.2, -0.15) is 0 Å². The maximum absolute atomic E-state index is 12.0. The number of aromatic nitrogens is 2. The monoisotopic (exact) mass is 340 g/mol. The number of hydrogen-bond acceptors (Lipinski definition) is 5. The van der Waals surface area contributed by atoms with Gasteiger partial charge >= 0.3 is 0 Å². The number of para-hydroxylation sites is 1. The number of benzene rings is 1. The summed E-state index contributed by atoms with van der Waals surface area (Å²) in [4.78, 5) is 12.0. The highest BCUT2D eigenvalue weighted by Gasteiger charge is 2.24. The lowest BCUT2D eigenvalue weighted by Crippen LogP contribution is -2.27. The molecule has 1 saturated heterocycles. The van der Waals surface area contributed by atoms with Gasteiger partial charge in [0.2, 0.25) is 0 Å². The van der Waals surface area contributed by atoms with Crippen molar-refractivity contribution in [1.29, 1.82) is 0 Å². The minimum atomic E-state index is -0.377. The Hall–Kier alpha value is -2.47. The number of anilines is 3. The molecular formula is C19H24N4O2. The first-order valence-corrected chi connectivity index (χ1v) is 8.56. The first kappa shape index (κ1) is 17.4. The highest BCUT2D eigenvalue weighted by Crippen LogP contribution is 2.30. The van der Waals surface area contributed by atoms with Crippen LogP contribution >= 0.6 is 0 Å². The Morgan fingerprint density at radius 2 is 1.84 bits per heavy atom. The van der Waals surface area contributed by atoms with Crippen molar-refractivity contribution >= 4 is 23.2 Å². The highest BCUT2D eigenvalue weighted by atomic mass is 16.5. The lowest BCUT2D eigenvalue weighted by molar-refractivity contribution is -0.124. The number of carbonyl (C=O) groups is 1. The molecule has 1 aliphatic rings. The van der Waals surface area contributed by atoms with E-state index in [4.69, 9.17) is 4.74 Å². The fourth-order valence-electron chi connectivity index (χ4n) is 2.84. The minimum Gasteiger partial charge on any atom is -0.368 e. The van der Waals surface area contributed by atoms with E-state index in [1.54, 1.807) is 12.1 Å². The zero-order valence-electron chi connectivity index (χ0n) is 14.9. The molecule has 1 aliphatic heterocycles. The molecule has 2 N–H and O–H groups in total. The van der Waals surface area contributed by atoms with Crippen LogP contribution in [0.5, 0.6) is 0 Å². The number of rotatable bonds is 4. The summed E-state index contributed by atoms with van der Waals surface area (Å²) in [6.45, 7) is 7.15. The maximum atomic E-state index is 12.0. The van der Waals surface area contributed by atoms with Crippen LogP contribution in [0.25, 0.3) is 0 Å². The molecule has 25 heavy (non-hydrogen) atoms. The molecule has 0 saturated carbocycles. The van der Waals surface area contributed by atoms with Crippen LogP contribution in [0.15, 0.2) is 36.4 Å². The summed E-state index contributed by atoms with van der Waals surface area (Å²) in [6.07, 6.45) is 1.29. The van der Waals surface area contributed by atoms with Crippen molar-refractivity contribution in [2.45, 2.75) is 45.1 Å². The molecule has 6 heteroatoms. The van der Waals surface area contributed by atoms with Crippen LogP contribution in [0.3, 0.4) is 0 Å². The SMILES string of the molecule is CC(C)(C)c1ccccc1Nc1ccc(NC(=O)C2CCCO2)nn1. The molecule has 0 bridgehead atoms. The zero-order valence-corrected chi connectivity index (χ0v) is 14.9. The first-order valence-electron chi connectivity index (χ1n) is 8.56. The third-order valence-electron chi connectivity index (χ3n) is 4.14. The number of ether oxygens (including phenoxy) is 1. The van der Waals surface area contributed by atoms with Crippen LogP contribution in [0.1, 0.15) is 39.2 Å². The van der Waals surface area contributed by atoms with Gasteiger partial charge in [0.1, 0.15) is 6.10 Å². The fraction of sp³-hybridized carbons (Fsp3) is 0.421. The van der Waals surface area contributed by atoms with Gasteiger partial charge in [-0.3, -0.25) is 4.79 Å². The molecule has 0 spiro atoms. The van der Waals surface area contributed by atoms with Crippen molar-refractivity contribution in [3.8, 4) is 0 Å². The fourth-order valence-corrected chi connectivity index (χ4v) is 2.84. The summed E-state index contributed by atoms with van der Waals surface area (Å²) >= 11 is 0. The third kappa shape index (κ3) is 4.33. The van der Waals surface area contributed by atoms with Gasteiger partial charge in [-0.25, -0.2) is 0 Å². The molecule has 1 aromatic carbocycles. The number of nitrogens with zero attached hydrogens (tertiary/aromatic N) is 2. The van der Waals surface area contributed by atoms with Crippen LogP contribution in [0, 0.1) is 0 Å². The lowest BCUT2D eigenvalue weighted by atomic mass is 9.86. The first-order chi connectivity index (χ1) is 11.9. The van der Waals surface area contributed by atoms with Gasteiger partial charge in [-0.15, -0.1) is 10.2 Å². The van der Waals surface area contributed by atoms with Gasteiger partial charge in [-0.1, -0.05) is 39.0 Å². The third-order valence-corrected chi connectivity index (χ3v) is 4.14. The second kappa shape index (κ2) is 7.19. The van der Waals surface area contributed by atoms with Gasteiger partial charge in [0, 0.05) is 12.3 Å². The van der Waals surface area contributed by atoms with Crippen molar-refractivity contribution < 1.29 is 9.53 Å². The summed E-state index contributed by atoms with van der Waals surface area (Å²) < 4.78 is 5.36. The van der Waals surface area contributed by atoms with Gasteiger partial charge in [0.25, 0.3) is 5.91 Å². The predicted octanol–water partition coefficient (Wildman–Crippen LogP) is 3.64. The van der Waals surface area contributed by atoms with Crippen LogP contribution in [0.2, 0.25) is 0 Å². The van der Waals surface area contributed by atoms with Crippen LogP contribution in [-0.2, 0) is 14.9 Å². The minimum absolute atomic E-state index is 0.0201. The van der Waals surface area contributed by atoms with Gasteiger partial charge < -0.3 is 15.4 Å². The van der Waals surface area contributed by atoms with Gasteiger partial charge in [-0.05, 0) is 42.0 Å². The molecule has 0 radical (unpaired) electrons. The molecule has 1 atom stereocenters. The maximum Gasteiger partial charge on any atom is 0.254 e. The van der Waals surface area contributed by atoms with E-state index in [9.17, 15) is 4.79 Å². The van der Waals surface area contributed by atoms with E-state index in [0.717, 1.165) is 18.5 Å². The lowest BCUT2D eigenvalue weighted by Gasteiger charge is -2.23. The van der Waals surface area contributed by atoms with E-state index >= 15 is 0 Å². The summed E-state index contributed by atoms with van der Waals surface area (Å²) in [5.74, 6) is 0.896. The van der Waals surface area contributed by atoms with E-state index in [-0.39, 0.29) is 17.4 Å². The number of hydrogen-bond donors (Lipinski definition) is 2. The largest absolute Gasteiger partial charge is 0.368 e. The van der Waals surface area contributed by atoms with Crippen molar-refractivity contribution in [1.82, 2.24) is 10.2 Å². The summed E-state index contributed by atoms with van der Waals surface area (Å²) in [5, 5.41) is 14.3. The summed E-state index contributed by atoms with van der Waals surface area (Å²) in [7, 11) is 0. The molecule has 1 unspecified atom stereocenters. The van der Waals surface area contributed by atoms with Crippen molar-refractivity contribution in [3.63, 3.8) is 0 Å². The van der Waals surface area contributed by atoms with Crippen molar-refractivity contribution in [2.75, 3.05) is 17.2 Å². The van der Waals surface area contributed by atoms with Gasteiger partial charge in [0.05, 0.1) is 0 Å². The van der Waals surface area contributed by atoms with Crippen LogP contribution < -0.4 is 10.6 Å². The number of carbonyl (C=O) groups excluding carboxylic acids is 1. The topological polar surface area (TPSA) is 76.1 Å². The summed E-state index contributed by atoms with van der Waals surface area (Å²) in [5.41, 5.74) is 2.22. The molecule has 2 heterocycles. The Kier molecular flexibility index (Phi) is 4.99. The normalized spacial score (nSPS) is 17.3. The predicted molar refractivity (Wildman–Crippen MR) is 98.1 cm³/mol. The molecule has 2 aromatic rings. The average Bonchev–Trinajstić information content (AvgIpc) is 3.11. The average molecular weight is 340 g/mol. The Morgan fingerprint density at radius 1 is 1.12 bits per heavy atom. The Bertz CT molecular complexity index is 732. The van der Waals surface area contributed by atoms with Crippen LogP contribution in [0.4, 0.5) is 17.3 Å². The number of nitrogens with one attached hydrogen (secondary N) is 2. The molecule has 3 rings (SSSR count). The Balaban J connectivity index is 1.68. The van der Waals surface area contributed by atoms with Crippen LogP contribution in [-0.4, -0.2) is 28.8 Å². The molecule has 1 fully saturated rings. The zero-order chi connectivity index (χ0) is 17.9. The van der Waals surface area contributed by atoms with E-state index in [1.807, 2.05) is 18.2 Å². The van der Waals surface area contributed by atoms with E-state index in [0.29, 0.717) is 18.2 Å². The molecule has 1 aromatic heterocycles. The van der Waals surface area contributed by atoms with Gasteiger partial charge in [0.15, 0.2) is 11.6 Å². The number of amides is 1. The van der Waals surface area contributed by atoms with E-state index in [2.05, 4.69) is 47.7 Å². The Morgan fingerprint density at radius 3 is 2.48 bits per heavy atom. The summed E-state index contributed by atoms with van der Waals surface area (Å²) in [6, 6.07) is 11.7. The van der Waals surface area contributed by atoms with Crippen molar-refractivity contribution in [3.05, 3.63) is 42.0 Å². The molecule has 1 amide bonds. The quantitative estimate of drug-likeness (QED) is 0.889. The molecule has 132 valence electrons. The van der Waals surface area contributed by atoms with Crippen molar-refractivity contribution in [2.24, 2.45) is 0 Å². The standard InChI is InChI=1S/C19H24N4O2/c1-19(2,3)13-7-4-5-8-14(13)20-16-10-11-17(23-22-16)21-18(24)15-9-6-12-25-15/h4-5,7-8,10-11,15H,6,9,12H2,1-3H3,(H,20,22)(H,21,23,24). The van der Waals surface area contributed by atoms with E-state index in [1.165, 1.54) is 5.56 Å². The second-order valence-electron chi connectivity index (χ2n) is 7.22. The van der Waals surface area contributed by atoms with E-state index < -0.39 is 0 Å². The second-order valence-corrected chi connectivity index (χ2v) is 7.22. The highest BCUT2D eigenvalue weighted by molar-refractivity contribution is 5.93. The molecular weight excluding hydrogens is 316 g/mol. The Labute approximate surface area is 148 Å². The molecule has 0 aliphatic carbocycles. The molecule has 6 nitrogen and oxygen atoms in total. The smallest absolute Gasteiger partial charge is 0.254 e.